The van der Waals surface area contributed by atoms with E-state index in [1.807, 2.05) is 0 Å². The van der Waals surface area contributed by atoms with Crippen molar-refractivity contribution in [2.75, 3.05) is 5.32 Å². The number of benzene rings is 2. The van der Waals surface area contributed by atoms with Gasteiger partial charge in [0, 0.05) is 18.3 Å². The molecule has 4 rings (SSSR count). The highest BCUT2D eigenvalue weighted by molar-refractivity contribution is 6.33. The predicted octanol–water partition coefficient (Wildman–Crippen LogP) is 5.06. The first-order chi connectivity index (χ1) is 15.9. The molecule has 33 heavy (non-hydrogen) atoms. The largest absolute Gasteiger partial charge is 0.486 e. The van der Waals surface area contributed by atoms with Gasteiger partial charge in [-0.2, -0.15) is 5.10 Å². The van der Waals surface area contributed by atoms with E-state index in [2.05, 4.69) is 10.4 Å². The van der Waals surface area contributed by atoms with Crippen molar-refractivity contribution < 1.29 is 23.3 Å². The molecule has 2 heterocycles. The van der Waals surface area contributed by atoms with Crippen molar-refractivity contribution in [3.63, 3.8) is 0 Å². The number of nitrogens with zero attached hydrogens (tertiary/aromatic N) is 3. The molecule has 0 unspecified atom stereocenters. The van der Waals surface area contributed by atoms with E-state index < -0.39 is 10.8 Å². The van der Waals surface area contributed by atoms with Gasteiger partial charge < -0.3 is 14.5 Å². The molecule has 9 nitrogen and oxygen atoms in total. The molecule has 2 aromatic heterocycles. The van der Waals surface area contributed by atoms with Gasteiger partial charge in [-0.1, -0.05) is 23.7 Å². The molecule has 2 aromatic carbocycles. The summed E-state index contributed by atoms with van der Waals surface area (Å²) >= 11 is 6.16. The number of hydrogen-bond donors (Lipinski definition) is 1. The molecular formula is C22H16ClFN4O5. The minimum absolute atomic E-state index is 0.0213. The van der Waals surface area contributed by atoms with Crippen LogP contribution in [-0.4, -0.2) is 20.6 Å². The Labute approximate surface area is 191 Å². The Kier molecular flexibility index (Phi) is 6.36. The second-order valence-corrected chi connectivity index (χ2v) is 7.32. The topological polar surface area (TPSA) is 112 Å². The standard InChI is InChI=1S/C22H16ClFN4O5/c23-19-12-27(11-14-2-1-3-15(24)10-14)26-21(19)25-22(29)20-9-8-18(33-20)13-32-17-6-4-16(5-7-17)28(30)31/h1-10,12H,11,13H2,(H,25,26,29). The number of furan rings is 1. The van der Waals surface area contributed by atoms with Gasteiger partial charge in [0.05, 0.1) is 11.5 Å². The Morgan fingerprint density at radius 3 is 2.73 bits per heavy atom. The number of aromatic nitrogens is 2. The van der Waals surface area contributed by atoms with Crippen LogP contribution in [0.25, 0.3) is 0 Å². The Hall–Kier alpha value is -4.18. The first-order valence-electron chi connectivity index (χ1n) is 9.62. The quantitative estimate of drug-likeness (QED) is 0.284. The van der Waals surface area contributed by atoms with E-state index in [9.17, 15) is 19.3 Å². The third-order valence-electron chi connectivity index (χ3n) is 4.50. The van der Waals surface area contributed by atoms with E-state index >= 15 is 0 Å². The molecule has 0 aliphatic carbocycles. The van der Waals surface area contributed by atoms with Crippen LogP contribution in [0.1, 0.15) is 21.9 Å². The monoisotopic (exact) mass is 470 g/mol. The zero-order valence-electron chi connectivity index (χ0n) is 16.9. The van der Waals surface area contributed by atoms with Crippen molar-refractivity contribution in [2.45, 2.75) is 13.2 Å². The number of carbonyl (C=O) groups is 1. The van der Waals surface area contributed by atoms with E-state index in [1.54, 1.807) is 18.2 Å². The van der Waals surface area contributed by atoms with Crippen molar-refractivity contribution in [2.24, 2.45) is 0 Å². The average molecular weight is 471 g/mol. The fourth-order valence-corrected chi connectivity index (χ4v) is 3.15. The van der Waals surface area contributed by atoms with Crippen LogP contribution in [0.2, 0.25) is 5.02 Å². The Bertz CT molecular complexity index is 1300. The maximum Gasteiger partial charge on any atom is 0.292 e. The van der Waals surface area contributed by atoms with Crippen LogP contribution in [-0.2, 0) is 13.2 Å². The third kappa shape index (κ3) is 5.55. The molecule has 0 aliphatic heterocycles. The average Bonchev–Trinajstić information content (AvgIpc) is 3.39. The Balaban J connectivity index is 1.35. The van der Waals surface area contributed by atoms with Gasteiger partial charge in [-0.3, -0.25) is 19.6 Å². The number of rotatable bonds is 8. The summed E-state index contributed by atoms with van der Waals surface area (Å²) in [6.07, 6.45) is 1.52. The van der Waals surface area contributed by atoms with Gasteiger partial charge in [-0.25, -0.2) is 4.39 Å². The molecule has 1 amide bonds. The van der Waals surface area contributed by atoms with Crippen molar-refractivity contribution in [1.82, 2.24) is 9.78 Å². The summed E-state index contributed by atoms with van der Waals surface area (Å²) in [5.74, 6) is 0.0333. The zero-order valence-corrected chi connectivity index (χ0v) is 17.7. The number of hydrogen-bond acceptors (Lipinski definition) is 6. The highest BCUT2D eigenvalue weighted by Crippen LogP contribution is 2.22. The van der Waals surface area contributed by atoms with E-state index in [0.29, 0.717) is 17.1 Å². The van der Waals surface area contributed by atoms with Crippen LogP contribution < -0.4 is 10.1 Å². The van der Waals surface area contributed by atoms with Gasteiger partial charge in [0.25, 0.3) is 11.6 Å². The van der Waals surface area contributed by atoms with Crippen LogP contribution in [0.15, 0.2) is 71.3 Å². The van der Waals surface area contributed by atoms with E-state index in [0.717, 1.165) is 0 Å². The number of amides is 1. The number of nitro benzene ring substituents is 1. The normalized spacial score (nSPS) is 10.7. The molecule has 11 heteroatoms. The summed E-state index contributed by atoms with van der Waals surface area (Å²) in [6.45, 7) is 0.298. The summed E-state index contributed by atoms with van der Waals surface area (Å²) in [7, 11) is 0. The molecular weight excluding hydrogens is 455 g/mol. The lowest BCUT2D eigenvalue weighted by Gasteiger charge is -2.04. The molecule has 0 radical (unpaired) electrons. The smallest absolute Gasteiger partial charge is 0.292 e. The van der Waals surface area contributed by atoms with Crippen LogP contribution in [0, 0.1) is 15.9 Å². The Morgan fingerprint density at radius 2 is 2.00 bits per heavy atom. The lowest BCUT2D eigenvalue weighted by molar-refractivity contribution is -0.384. The van der Waals surface area contributed by atoms with Crippen molar-refractivity contribution >= 4 is 29.0 Å². The molecule has 0 aliphatic rings. The van der Waals surface area contributed by atoms with Gasteiger partial charge in [0.2, 0.25) is 0 Å². The van der Waals surface area contributed by atoms with E-state index in [-0.39, 0.29) is 41.3 Å². The number of nitro groups is 1. The SMILES string of the molecule is O=C(Nc1nn(Cc2cccc(F)c2)cc1Cl)c1ccc(COc2ccc([N+](=O)[O-])cc2)o1. The summed E-state index contributed by atoms with van der Waals surface area (Å²) in [5, 5.41) is 17.7. The van der Waals surface area contributed by atoms with E-state index in [1.165, 1.54) is 53.3 Å². The van der Waals surface area contributed by atoms with E-state index in [4.69, 9.17) is 20.8 Å². The van der Waals surface area contributed by atoms with Crippen molar-refractivity contribution in [3.8, 4) is 5.75 Å². The maximum atomic E-state index is 13.4. The second-order valence-electron chi connectivity index (χ2n) is 6.91. The molecule has 0 fully saturated rings. The maximum absolute atomic E-state index is 13.4. The van der Waals surface area contributed by atoms with Crippen molar-refractivity contribution in [1.29, 1.82) is 0 Å². The summed E-state index contributed by atoms with van der Waals surface area (Å²) in [5.41, 5.74) is 0.645. The summed E-state index contributed by atoms with van der Waals surface area (Å²) < 4.78 is 25.8. The number of anilines is 1. The lowest BCUT2D eigenvalue weighted by Crippen LogP contribution is -2.12. The lowest BCUT2D eigenvalue weighted by atomic mass is 10.2. The minimum Gasteiger partial charge on any atom is -0.486 e. The van der Waals surface area contributed by atoms with Crippen molar-refractivity contribution in [3.05, 3.63) is 105 Å². The highest BCUT2D eigenvalue weighted by Gasteiger charge is 2.16. The fourth-order valence-electron chi connectivity index (χ4n) is 2.95. The summed E-state index contributed by atoms with van der Waals surface area (Å²) in [4.78, 5) is 22.7. The van der Waals surface area contributed by atoms with Gasteiger partial charge in [-0.05, 0) is 42.0 Å². The Morgan fingerprint density at radius 1 is 1.21 bits per heavy atom. The predicted molar refractivity (Wildman–Crippen MR) is 117 cm³/mol. The third-order valence-corrected chi connectivity index (χ3v) is 4.77. The zero-order chi connectivity index (χ0) is 23.4. The van der Waals surface area contributed by atoms with Gasteiger partial charge in [-0.15, -0.1) is 0 Å². The van der Waals surface area contributed by atoms with Gasteiger partial charge in [0.15, 0.2) is 11.6 Å². The number of halogens is 2. The number of carbonyl (C=O) groups excluding carboxylic acids is 1. The summed E-state index contributed by atoms with van der Waals surface area (Å²) in [6, 6.07) is 14.7. The number of ether oxygens (including phenoxy) is 1. The number of non-ortho nitro benzene ring substituents is 1. The second kappa shape index (κ2) is 9.53. The van der Waals surface area contributed by atoms with Gasteiger partial charge in [0.1, 0.15) is 29.0 Å². The fraction of sp³-hybridized carbons (Fsp3) is 0.0909. The molecule has 0 atom stereocenters. The first-order valence-corrected chi connectivity index (χ1v) is 10.00. The van der Waals surface area contributed by atoms with Crippen LogP contribution in [0.5, 0.6) is 5.75 Å². The molecule has 0 bridgehead atoms. The molecule has 0 saturated carbocycles. The van der Waals surface area contributed by atoms with Crippen LogP contribution in [0.3, 0.4) is 0 Å². The highest BCUT2D eigenvalue weighted by atomic mass is 35.5. The first kappa shape index (κ1) is 22.0. The van der Waals surface area contributed by atoms with Crippen LogP contribution >= 0.6 is 11.6 Å². The molecule has 4 aromatic rings. The molecule has 0 spiro atoms. The number of nitrogens with one attached hydrogen (secondary N) is 1. The minimum atomic E-state index is -0.561. The van der Waals surface area contributed by atoms with Crippen LogP contribution in [0.4, 0.5) is 15.9 Å². The molecule has 168 valence electrons. The molecule has 1 N–H and O–H groups in total. The van der Waals surface area contributed by atoms with Gasteiger partial charge >= 0.3 is 0 Å². The molecule has 0 saturated heterocycles.